The van der Waals surface area contributed by atoms with Crippen molar-refractivity contribution in [3.05, 3.63) is 107 Å². The molecule has 0 aliphatic carbocycles. The van der Waals surface area contributed by atoms with Crippen LogP contribution in [0.3, 0.4) is 0 Å². The molecule has 4 aromatic carbocycles. The Kier molecular flexibility index (Phi) is 7.80. The van der Waals surface area contributed by atoms with Crippen LogP contribution in [-0.2, 0) is 37.7 Å². The SMILES string of the molecule is O=C(COc1ccc(S(=O)(=O)N2CCCc3ccccc32)cc1)Nc1ccc2c(c1)N(S(=O)(=O)c1ccc(Cl)cc1)CC2. The lowest BCUT2D eigenvalue weighted by Crippen LogP contribution is -2.35. The molecule has 1 amide bonds. The summed E-state index contributed by atoms with van der Waals surface area (Å²) in [6.07, 6.45) is 2.13. The molecule has 2 aliphatic heterocycles. The van der Waals surface area contributed by atoms with Gasteiger partial charge in [-0.25, -0.2) is 16.8 Å². The van der Waals surface area contributed by atoms with Crippen molar-refractivity contribution in [1.29, 1.82) is 0 Å². The fourth-order valence-electron chi connectivity index (χ4n) is 5.34. The summed E-state index contributed by atoms with van der Waals surface area (Å²) >= 11 is 5.92. The van der Waals surface area contributed by atoms with Gasteiger partial charge in [0, 0.05) is 23.8 Å². The molecule has 12 heteroatoms. The van der Waals surface area contributed by atoms with Crippen LogP contribution in [0.25, 0.3) is 0 Å². The van der Waals surface area contributed by atoms with Gasteiger partial charge in [0.1, 0.15) is 5.75 Å². The molecule has 0 saturated carbocycles. The highest BCUT2D eigenvalue weighted by atomic mass is 35.5. The topological polar surface area (TPSA) is 113 Å². The number of amides is 1. The molecule has 1 N–H and O–H groups in total. The van der Waals surface area contributed by atoms with Gasteiger partial charge in [0.15, 0.2) is 6.61 Å². The minimum absolute atomic E-state index is 0.132. The van der Waals surface area contributed by atoms with E-state index in [1.54, 1.807) is 18.2 Å². The highest BCUT2D eigenvalue weighted by Gasteiger charge is 2.31. The van der Waals surface area contributed by atoms with E-state index in [4.69, 9.17) is 16.3 Å². The van der Waals surface area contributed by atoms with Crippen LogP contribution in [0.15, 0.2) is 101 Å². The molecule has 2 aliphatic rings. The van der Waals surface area contributed by atoms with Gasteiger partial charge in [-0.2, -0.15) is 0 Å². The first-order chi connectivity index (χ1) is 20.6. The van der Waals surface area contributed by atoms with Crippen molar-refractivity contribution in [2.45, 2.75) is 29.1 Å². The normalized spacial score (nSPS) is 14.6. The van der Waals surface area contributed by atoms with Gasteiger partial charge in [-0.15, -0.1) is 0 Å². The van der Waals surface area contributed by atoms with Gasteiger partial charge in [0.2, 0.25) is 0 Å². The third-order valence-corrected chi connectivity index (χ3v) is 11.4. The molecule has 4 aromatic rings. The minimum Gasteiger partial charge on any atom is -0.484 e. The van der Waals surface area contributed by atoms with E-state index >= 15 is 0 Å². The van der Waals surface area contributed by atoms with Crippen molar-refractivity contribution >= 4 is 54.6 Å². The second-order valence-corrected chi connectivity index (χ2v) is 14.4. The number of nitrogens with one attached hydrogen (secondary N) is 1. The van der Waals surface area contributed by atoms with Crippen LogP contribution in [0.5, 0.6) is 5.75 Å². The highest BCUT2D eigenvalue weighted by molar-refractivity contribution is 7.93. The first kappa shape index (κ1) is 29.0. The summed E-state index contributed by atoms with van der Waals surface area (Å²) in [4.78, 5) is 13.0. The summed E-state index contributed by atoms with van der Waals surface area (Å²) in [5.74, 6) is -0.117. The summed E-state index contributed by atoms with van der Waals surface area (Å²) in [5, 5.41) is 3.19. The Balaban J connectivity index is 1.10. The Hall–Kier alpha value is -4.06. The molecular formula is C31H28ClN3O6S2. The smallest absolute Gasteiger partial charge is 0.264 e. The molecular weight excluding hydrogens is 610 g/mol. The molecule has 0 saturated heterocycles. The average Bonchev–Trinajstić information content (AvgIpc) is 3.44. The van der Waals surface area contributed by atoms with Crippen LogP contribution in [0.2, 0.25) is 5.02 Å². The van der Waals surface area contributed by atoms with Gasteiger partial charge in [-0.05, 0) is 97.1 Å². The van der Waals surface area contributed by atoms with Crippen LogP contribution in [0, 0.1) is 0 Å². The van der Waals surface area contributed by atoms with Crippen molar-refractivity contribution in [3.8, 4) is 5.75 Å². The number of carbonyl (C=O) groups excluding carboxylic acids is 1. The van der Waals surface area contributed by atoms with E-state index in [1.807, 2.05) is 24.3 Å². The van der Waals surface area contributed by atoms with Gasteiger partial charge >= 0.3 is 0 Å². The van der Waals surface area contributed by atoms with Gasteiger partial charge in [0.25, 0.3) is 26.0 Å². The van der Waals surface area contributed by atoms with Crippen LogP contribution < -0.4 is 18.7 Å². The third-order valence-electron chi connectivity index (χ3n) is 7.47. The van der Waals surface area contributed by atoms with Crippen LogP contribution in [0.1, 0.15) is 17.5 Å². The Morgan fingerprint density at radius 3 is 2.09 bits per heavy atom. The number of hydrogen-bond acceptors (Lipinski definition) is 6. The number of para-hydroxylation sites is 1. The molecule has 0 radical (unpaired) electrons. The number of halogens is 1. The molecule has 9 nitrogen and oxygen atoms in total. The molecule has 2 heterocycles. The Bertz CT molecular complexity index is 1900. The lowest BCUT2D eigenvalue weighted by molar-refractivity contribution is -0.118. The van der Waals surface area contributed by atoms with Crippen molar-refractivity contribution in [1.82, 2.24) is 0 Å². The maximum absolute atomic E-state index is 13.4. The van der Waals surface area contributed by atoms with Crippen molar-refractivity contribution in [2.75, 3.05) is 33.6 Å². The van der Waals surface area contributed by atoms with E-state index < -0.39 is 26.0 Å². The predicted octanol–water partition coefficient (Wildman–Crippen LogP) is 5.25. The van der Waals surface area contributed by atoms with E-state index in [-0.39, 0.29) is 22.9 Å². The Labute approximate surface area is 255 Å². The van der Waals surface area contributed by atoms with Crippen molar-refractivity contribution in [3.63, 3.8) is 0 Å². The van der Waals surface area contributed by atoms with Gasteiger partial charge in [-0.3, -0.25) is 13.4 Å². The van der Waals surface area contributed by atoms with E-state index in [1.165, 1.54) is 57.1 Å². The molecule has 6 rings (SSSR count). The number of rotatable bonds is 8. The van der Waals surface area contributed by atoms with E-state index in [0.717, 1.165) is 24.0 Å². The van der Waals surface area contributed by atoms with Crippen LogP contribution >= 0.6 is 11.6 Å². The second kappa shape index (κ2) is 11.6. The van der Waals surface area contributed by atoms with Crippen LogP contribution in [-0.4, -0.2) is 42.4 Å². The number of anilines is 3. The van der Waals surface area contributed by atoms with Crippen molar-refractivity contribution < 1.29 is 26.4 Å². The van der Waals surface area contributed by atoms with E-state index in [9.17, 15) is 21.6 Å². The first-order valence-corrected chi connectivity index (χ1v) is 16.9. The largest absolute Gasteiger partial charge is 0.484 e. The maximum Gasteiger partial charge on any atom is 0.264 e. The zero-order valence-corrected chi connectivity index (χ0v) is 25.3. The lowest BCUT2D eigenvalue weighted by Gasteiger charge is -2.30. The third kappa shape index (κ3) is 5.80. The molecule has 0 unspecified atom stereocenters. The predicted molar refractivity (Wildman–Crippen MR) is 166 cm³/mol. The molecule has 0 aromatic heterocycles. The minimum atomic E-state index is -3.81. The summed E-state index contributed by atoms with van der Waals surface area (Å²) in [7, 11) is -7.56. The lowest BCUT2D eigenvalue weighted by atomic mass is 10.0. The van der Waals surface area contributed by atoms with Crippen molar-refractivity contribution in [2.24, 2.45) is 0 Å². The molecule has 0 fully saturated rings. The van der Waals surface area contributed by atoms with Gasteiger partial charge in [0.05, 0.1) is 21.2 Å². The molecule has 43 heavy (non-hydrogen) atoms. The number of benzene rings is 4. The summed E-state index contributed by atoms with van der Waals surface area (Å²) in [6.45, 7) is 0.373. The van der Waals surface area contributed by atoms with Gasteiger partial charge in [-0.1, -0.05) is 35.9 Å². The molecule has 0 bridgehead atoms. The zero-order chi connectivity index (χ0) is 30.2. The van der Waals surface area contributed by atoms with E-state index in [2.05, 4.69) is 5.32 Å². The number of nitrogens with zero attached hydrogens (tertiary/aromatic N) is 2. The number of fused-ring (bicyclic) bond motifs is 2. The maximum atomic E-state index is 13.4. The fraction of sp³-hybridized carbons (Fsp3) is 0.194. The number of aryl methyl sites for hydroxylation is 1. The molecule has 222 valence electrons. The molecule has 0 spiro atoms. The van der Waals surface area contributed by atoms with Crippen LogP contribution in [0.4, 0.5) is 17.1 Å². The summed E-state index contributed by atoms with van der Waals surface area (Å²) < 4.78 is 61.6. The zero-order valence-electron chi connectivity index (χ0n) is 22.9. The number of ether oxygens (including phenoxy) is 1. The fourth-order valence-corrected chi connectivity index (χ4v) is 8.50. The second-order valence-electron chi connectivity index (χ2n) is 10.2. The Morgan fingerprint density at radius 2 is 1.37 bits per heavy atom. The number of sulfonamides is 2. The number of hydrogen-bond donors (Lipinski definition) is 1. The average molecular weight is 638 g/mol. The molecule has 0 atom stereocenters. The van der Waals surface area contributed by atoms with E-state index in [0.29, 0.717) is 40.8 Å². The monoisotopic (exact) mass is 637 g/mol. The Morgan fingerprint density at radius 1 is 0.744 bits per heavy atom. The summed E-state index contributed by atoms with van der Waals surface area (Å²) in [6, 6.07) is 24.6. The first-order valence-electron chi connectivity index (χ1n) is 13.7. The van der Waals surface area contributed by atoms with Gasteiger partial charge < -0.3 is 10.1 Å². The summed E-state index contributed by atoms with van der Waals surface area (Å²) in [5.41, 5.74) is 3.48. The quantitative estimate of drug-likeness (QED) is 0.282. The number of carbonyl (C=O) groups is 1. The highest BCUT2D eigenvalue weighted by Crippen LogP contribution is 2.36. The standard InChI is InChI=1S/C31H28ClN3O6S2/c32-24-8-13-27(14-9-24)43(39,40)35-19-17-23-7-10-25(20-30(23)35)33-31(36)21-41-26-11-15-28(16-12-26)42(37,38)34-18-3-5-22-4-1-2-6-29(22)34/h1-2,4,6-16,20H,3,5,17-19,21H2,(H,33,36).